The zero-order chi connectivity index (χ0) is 17.1. The minimum absolute atomic E-state index is 0.224. The highest BCUT2D eigenvalue weighted by Gasteiger charge is 2.28. The van der Waals surface area contributed by atoms with Crippen LogP contribution in [0.25, 0.3) is 10.9 Å². The second kappa shape index (κ2) is 6.54. The number of aliphatic carboxylic acids is 1. The summed E-state index contributed by atoms with van der Waals surface area (Å²) in [5.41, 5.74) is 2.17. The number of rotatable bonds is 5. The lowest BCUT2D eigenvalue weighted by molar-refractivity contribution is -0.141. The molecule has 0 aliphatic carbocycles. The Bertz CT molecular complexity index is 873. The Morgan fingerprint density at radius 1 is 1.25 bits per heavy atom. The number of hydrogen-bond acceptors (Lipinski definition) is 3. The van der Waals surface area contributed by atoms with Gasteiger partial charge in [0.15, 0.2) is 0 Å². The Hall–Kier alpha value is -3.15. The van der Waals surface area contributed by atoms with Crippen molar-refractivity contribution in [2.45, 2.75) is 12.5 Å². The quantitative estimate of drug-likeness (QED) is 0.754. The average Bonchev–Trinajstić information content (AvgIpc) is 3.02. The number of H-pyrrole nitrogens is 1. The number of hydrogen-bond donors (Lipinski definition) is 2. The molecule has 0 bridgehead atoms. The number of nitrogens with one attached hydrogen (secondary N) is 1. The molecular formula is C18H17N3O3. The van der Waals surface area contributed by atoms with E-state index in [2.05, 4.69) is 9.97 Å². The number of carbonyl (C=O) groups is 2. The molecule has 0 saturated heterocycles. The molecule has 0 unspecified atom stereocenters. The van der Waals surface area contributed by atoms with Gasteiger partial charge in [-0.3, -0.25) is 9.78 Å². The summed E-state index contributed by atoms with van der Waals surface area (Å²) in [6, 6.07) is 9.99. The number of carbonyl (C=O) groups excluding carboxylic acids is 1. The molecule has 3 rings (SSSR count). The maximum absolute atomic E-state index is 12.5. The maximum atomic E-state index is 12.5. The number of carboxylic acid groups (broad SMARTS) is 1. The van der Waals surface area contributed by atoms with Gasteiger partial charge >= 0.3 is 5.97 Å². The molecule has 24 heavy (non-hydrogen) atoms. The zero-order valence-corrected chi connectivity index (χ0v) is 13.1. The molecule has 2 heterocycles. The molecule has 0 spiro atoms. The van der Waals surface area contributed by atoms with Gasteiger partial charge in [0.25, 0.3) is 5.91 Å². The molecule has 0 fully saturated rings. The van der Waals surface area contributed by atoms with Crippen LogP contribution < -0.4 is 0 Å². The van der Waals surface area contributed by atoms with E-state index >= 15 is 0 Å². The highest BCUT2D eigenvalue weighted by atomic mass is 16.4. The van der Waals surface area contributed by atoms with Gasteiger partial charge in [-0.1, -0.05) is 18.2 Å². The van der Waals surface area contributed by atoms with Crippen LogP contribution in [0.2, 0.25) is 0 Å². The van der Waals surface area contributed by atoms with Gasteiger partial charge in [-0.05, 0) is 23.8 Å². The summed E-state index contributed by atoms with van der Waals surface area (Å²) in [6.07, 6.45) is 5.02. The second-order valence-electron chi connectivity index (χ2n) is 5.58. The highest BCUT2D eigenvalue weighted by Crippen LogP contribution is 2.21. The van der Waals surface area contributed by atoms with Gasteiger partial charge < -0.3 is 15.0 Å². The fourth-order valence-electron chi connectivity index (χ4n) is 2.73. The summed E-state index contributed by atoms with van der Waals surface area (Å²) in [6.45, 7) is 0. The monoisotopic (exact) mass is 323 g/mol. The van der Waals surface area contributed by atoms with E-state index < -0.39 is 12.0 Å². The first-order chi connectivity index (χ1) is 11.6. The predicted molar refractivity (Wildman–Crippen MR) is 89.8 cm³/mol. The van der Waals surface area contributed by atoms with E-state index in [4.69, 9.17) is 0 Å². The van der Waals surface area contributed by atoms with Crippen LogP contribution in [0, 0.1) is 0 Å². The van der Waals surface area contributed by atoms with Gasteiger partial charge in [0, 0.05) is 43.0 Å². The van der Waals surface area contributed by atoms with E-state index in [9.17, 15) is 14.7 Å². The molecule has 0 saturated carbocycles. The van der Waals surface area contributed by atoms with Gasteiger partial charge in [-0.25, -0.2) is 4.79 Å². The third kappa shape index (κ3) is 2.99. The summed E-state index contributed by atoms with van der Waals surface area (Å²) in [5, 5.41) is 10.6. The molecule has 0 radical (unpaired) electrons. The summed E-state index contributed by atoms with van der Waals surface area (Å²) >= 11 is 0. The van der Waals surface area contributed by atoms with Crippen LogP contribution in [0.1, 0.15) is 15.9 Å². The first-order valence-corrected chi connectivity index (χ1v) is 7.53. The number of para-hydroxylation sites is 1. The van der Waals surface area contributed by atoms with Crippen molar-refractivity contribution in [3.8, 4) is 0 Å². The lowest BCUT2D eigenvalue weighted by Crippen LogP contribution is -2.43. The molecule has 2 aromatic heterocycles. The average molecular weight is 323 g/mol. The van der Waals surface area contributed by atoms with Crippen molar-refractivity contribution in [3.63, 3.8) is 0 Å². The molecular weight excluding hydrogens is 306 g/mol. The predicted octanol–water partition coefficient (Wildman–Crippen LogP) is 2.33. The van der Waals surface area contributed by atoms with Crippen LogP contribution in [0.15, 0.2) is 55.0 Å². The van der Waals surface area contributed by atoms with Gasteiger partial charge in [0.2, 0.25) is 0 Å². The second-order valence-corrected chi connectivity index (χ2v) is 5.58. The standard InChI is InChI=1S/C18H17N3O3/c1-21(17(22)12-5-4-8-19-10-12)16(18(23)24)9-13-11-20-15-7-3-2-6-14(13)15/h2-8,10-11,16,20H,9H2,1H3,(H,23,24)/t16-/m0/s1. The normalized spacial score (nSPS) is 12.0. The number of nitrogens with zero attached hydrogens (tertiary/aromatic N) is 2. The topological polar surface area (TPSA) is 86.3 Å². The zero-order valence-electron chi connectivity index (χ0n) is 13.1. The van der Waals surface area contributed by atoms with E-state index in [-0.39, 0.29) is 12.3 Å². The molecule has 1 amide bonds. The number of likely N-dealkylation sites (N-methyl/N-ethyl adjacent to an activating group) is 1. The number of pyridine rings is 1. The summed E-state index contributed by atoms with van der Waals surface area (Å²) in [5.74, 6) is -1.41. The lowest BCUT2D eigenvalue weighted by atomic mass is 10.0. The van der Waals surface area contributed by atoms with Gasteiger partial charge in [0.05, 0.1) is 5.56 Å². The molecule has 1 aromatic carbocycles. The maximum Gasteiger partial charge on any atom is 0.326 e. The number of carboxylic acids is 1. The minimum atomic E-state index is -1.04. The van der Waals surface area contributed by atoms with Crippen LogP contribution in [0.4, 0.5) is 0 Å². The van der Waals surface area contributed by atoms with Crippen LogP contribution >= 0.6 is 0 Å². The SMILES string of the molecule is CN(C(=O)c1cccnc1)[C@@H](Cc1c[nH]c2ccccc12)C(=O)O. The van der Waals surface area contributed by atoms with Crippen molar-refractivity contribution in [3.05, 3.63) is 66.1 Å². The summed E-state index contributed by atoms with van der Waals surface area (Å²) in [7, 11) is 1.50. The van der Waals surface area contributed by atoms with Gasteiger partial charge in [-0.15, -0.1) is 0 Å². The van der Waals surface area contributed by atoms with Gasteiger partial charge in [-0.2, -0.15) is 0 Å². The first-order valence-electron chi connectivity index (χ1n) is 7.53. The van der Waals surface area contributed by atoms with Crippen LogP contribution in [0.5, 0.6) is 0 Å². The number of aromatic nitrogens is 2. The van der Waals surface area contributed by atoms with E-state index in [0.29, 0.717) is 5.56 Å². The number of aromatic amines is 1. The van der Waals surface area contributed by atoms with Crippen LogP contribution in [-0.4, -0.2) is 44.9 Å². The summed E-state index contributed by atoms with van der Waals surface area (Å²) in [4.78, 5) is 32.5. The van der Waals surface area contributed by atoms with Crippen molar-refractivity contribution in [1.82, 2.24) is 14.9 Å². The third-order valence-corrected chi connectivity index (χ3v) is 4.07. The fourth-order valence-corrected chi connectivity index (χ4v) is 2.73. The first kappa shape index (κ1) is 15.7. The fraction of sp³-hybridized carbons (Fsp3) is 0.167. The number of fused-ring (bicyclic) bond motifs is 1. The van der Waals surface area contributed by atoms with Crippen molar-refractivity contribution >= 4 is 22.8 Å². The Morgan fingerprint density at radius 3 is 2.75 bits per heavy atom. The summed E-state index contributed by atoms with van der Waals surface area (Å²) < 4.78 is 0. The van der Waals surface area contributed by atoms with Gasteiger partial charge in [0.1, 0.15) is 6.04 Å². The van der Waals surface area contributed by atoms with Crippen LogP contribution in [0.3, 0.4) is 0 Å². The Morgan fingerprint density at radius 2 is 2.04 bits per heavy atom. The van der Waals surface area contributed by atoms with E-state index in [1.807, 2.05) is 24.3 Å². The van der Waals surface area contributed by atoms with Crippen molar-refractivity contribution in [2.75, 3.05) is 7.05 Å². The smallest absolute Gasteiger partial charge is 0.326 e. The number of amides is 1. The van der Waals surface area contributed by atoms with E-state index in [1.165, 1.54) is 18.1 Å². The molecule has 1 atom stereocenters. The molecule has 6 nitrogen and oxygen atoms in total. The molecule has 0 aliphatic rings. The largest absolute Gasteiger partial charge is 0.480 e. The highest BCUT2D eigenvalue weighted by molar-refractivity contribution is 5.96. The molecule has 0 aliphatic heterocycles. The minimum Gasteiger partial charge on any atom is -0.480 e. The van der Waals surface area contributed by atoms with E-state index in [0.717, 1.165) is 16.5 Å². The molecule has 2 N–H and O–H groups in total. The Kier molecular flexibility index (Phi) is 4.29. The lowest BCUT2D eigenvalue weighted by Gasteiger charge is -2.24. The molecule has 122 valence electrons. The Balaban J connectivity index is 1.87. The van der Waals surface area contributed by atoms with Crippen LogP contribution in [-0.2, 0) is 11.2 Å². The van der Waals surface area contributed by atoms with Crippen molar-refractivity contribution in [1.29, 1.82) is 0 Å². The van der Waals surface area contributed by atoms with Crippen molar-refractivity contribution < 1.29 is 14.7 Å². The van der Waals surface area contributed by atoms with Crippen molar-refractivity contribution in [2.24, 2.45) is 0 Å². The Labute approximate surface area is 138 Å². The van der Waals surface area contributed by atoms with E-state index in [1.54, 1.807) is 24.5 Å². The number of benzene rings is 1. The molecule has 6 heteroatoms. The third-order valence-electron chi connectivity index (χ3n) is 4.07. The molecule has 3 aromatic rings.